The van der Waals surface area contributed by atoms with Crippen LogP contribution in [0.1, 0.15) is 81.6 Å². The zero-order valence-corrected chi connectivity index (χ0v) is 23.6. The van der Waals surface area contributed by atoms with Crippen molar-refractivity contribution >= 4 is 17.3 Å². The maximum Gasteiger partial charge on any atom is 0.397 e. The van der Waals surface area contributed by atoms with E-state index in [1.165, 1.54) is 20.8 Å². The number of alkyl halides is 9. The lowest BCUT2D eigenvalue weighted by Gasteiger charge is -2.25. The molecule has 228 valence electrons. The first kappa shape index (κ1) is 40.9. The molecule has 0 heterocycles. The molecule has 38 heavy (non-hydrogen) atoms. The lowest BCUT2D eigenvalue weighted by Crippen LogP contribution is -2.39. The smallest absolute Gasteiger partial charge is 0.299 e. The fourth-order valence-corrected chi connectivity index (χ4v) is 2.41. The van der Waals surface area contributed by atoms with Crippen LogP contribution in [0.25, 0.3) is 0 Å². The minimum absolute atomic E-state index is 0.0266. The zero-order valence-electron chi connectivity index (χ0n) is 23.6. The minimum Gasteiger partial charge on any atom is -0.299 e. The molecule has 0 rings (SSSR count). The Labute approximate surface area is 220 Å². The molecule has 0 saturated heterocycles. The Hall–Kier alpha value is -1.62. The van der Waals surface area contributed by atoms with Crippen LogP contribution >= 0.6 is 0 Å². The monoisotopic (exact) mass is 574 g/mol. The van der Waals surface area contributed by atoms with E-state index < -0.39 is 67.2 Å². The van der Waals surface area contributed by atoms with Crippen LogP contribution < -0.4 is 0 Å². The largest absolute Gasteiger partial charge is 0.397 e. The summed E-state index contributed by atoms with van der Waals surface area (Å²) in [6, 6.07) is 0. The SMILES string of the molecule is CC(C)C(=O)CC(C(C)(F)F)C(F)(F)F.CC(C)C(=O)CC(C)C(C)(F)F.CC(C)C(=O)CC(CF)CF. The average molecular weight is 575 g/mol. The number of carbonyl (C=O) groups excluding carboxylic acids is 3. The van der Waals surface area contributed by atoms with Gasteiger partial charge in [0.15, 0.2) is 0 Å². The summed E-state index contributed by atoms with van der Waals surface area (Å²) in [6.07, 6.45) is -6.21. The second kappa shape index (κ2) is 17.9. The van der Waals surface area contributed by atoms with Gasteiger partial charge in [-0.25, -0.2) is 17.6 Å². The highest BCUT2D eigenvalue weighted by molar-refractivity contribution is 5.81. The summed E-state index contributed by atoms with van der Waals surface area (Å²) in [5.74, 6) is -13.0. The molecule has 0 amide bonds. The van der Waals surface area contributed by atoms with Gasteiger partial charge in [0.25, 0.3) is 5.92 Å². The van der Waals surface area contributed by atoms with Crippen molar-refractivity contribution in [3.63, 3.8) is 0 Å². The molecule has 0 saturated carbocycles. The van der Waals surface area contributed by atoms with Crippen molar-refractivity contribution in [1.29, 1.82) is 0 Å². The second-order valence-corrected chi connectivity index (χ2v) is 10.6. The van der Waals surface area contributed by atoms with Gasteiger partial charge in [0.2, 0.25) is 5.92 Å². The van der Waals surface area contributed by atoms with Gasteiger partial charge in [-0.2, -0.15) is 13.2 Å². The highest BCUT2D eigenvalue weighted by Crippen LogP contribution is 2.40. The quantitative estimate of drug-likeness (QED) is 0.207. The normalized spacial score (nSPS) is 14.1. The van der Waals surface area contributed by atoms with Crippen LogP contribution in [0.2, 0.25) is 0 Å². The number of rotatable bonds is 13. The maximum absolute atomic E-state index is 12.6. The first-order valence-corrected chi connectivity index (χ1v) is 12.3. The number of hydrogen-bond donors (Lipinski definition) is 0. The zero-order chi connectivity index (χ0) is 31.2. The molecule has 0 aromatic heterocycles. The van der Waals surface area contributed by atoms with E-state index in [1.54, 1.807) is 27.7 Å². The molecule has 0 spiro atoms. The predicted octanol–water partition coefficient (Wildman–Crippen LogP) is 8.49. The van der Waals surface area contributed by atoms with E-state index >= 15 is 0 Å². The van der Waals surface area contributed by atoms with Gasteiger partial charge in [0.1, 0.15) is 23.3 Å². The Morgan fingerprint density at radius 3 is 1.11 bits per heavy atom. The van der Waals surface area contributed by atoms with Crippen molar-refractivity contribution < 1.29 is 53.9 Å². The van der Waals surface area contributed by atoms with Crippen molar-refractivity contribution in [2.24, 2.45) is 35.5 Å². The summed E-state index contributed by atoms with van der Waals surface area (Å²) < 4.78 is 111. The molecule has 0 bridgehead atoms. The van der Waals surface area contributed by atoms with Crippen LogP contribution in [0, 0.1) is 35.5 Å². The topological polar surface area (TPSA) is 51.2 Å². The van der Waals surface area contributed by atoms with Crippen LogP contribution in [0.3, 0.4) is 0 Å². The van der Waals surface area contributed by atoms with Gasteiger partial charge in [0, 0.05) is 48.9 Å². The van der Waals surface area contributed by atoms with E-state index in [-0.39, 0.29) is 43.2 Å². The van der Waals surface area contributed by atoms with Gasteiger partial charge >= 0.3 is 6.18 Å². The highest BCUT2D eigenvalue weighted by atomic mass is 19.4. The molecule has 0 aliphatic heterocycles. The van der Waals surface area contributed by atoms with E-state index in [9.17, 15) is 53.9 Å². The Morgan fingerprint density at radius 2 is 0.868 bits per heavy atom. The van der Waals surface area contributed by atoms with Gasteiger partial charge in [-0.3, -0.25) is 23.2 Å². The lowest BCUT2D eigenvalue weighted by atomic mass is 9.91. The number of carbonyl (C=O) groups is 3. The molecule has 0 radical (unpaired) electrons. The first-order chi connectivity index (χ1) is 16.8. The van der Waals surface area contributed by atoms with Crippen LogP contribution in [-0.2, 0) is 14.4 Å². The van der Waals surface area contributed by atoms with Crippen molar-refractivity contribution in [2.45, 2.75) is 99.6 Å². The third kappa shape index (κ3) is 19.4. The second-order valence-electron chi connectivity index (χ2n) is 10.6. The molecule has 3 nitrogen and oxygen atoms in total. The van der Waals surface area contributed by atoms with Crippen molar-refractivity contribution in [2.75, 3.05) is 13.3 Å². The molecule has 0 aliphatic carbocycles. The predicted molar refractivity (Wildman–Crippen MR) is 129 cm³/mol. The summed E-state index contributed by atoms with van der Waals surface area (Å²) >= 11 is 0. The third-order valence-corrected chi connectivity index (χ3v) is 5.64. The number of Topliss-reactive ketones (excluding diaryl/α,β-unsaturated/α-hetero) is 3. The molecule has 0 fully saturated rings. The number of hydrogen-bond acceptors (Lipinski definition) is 3. The lowest BCUT2D eigenvalue weighted by molar-refractivity contribution is -0.236. The molecule has 0 N–H and O–H groups in total. The standard InChI is InChI=1S/C9H13F5O.C9H16F2O.C8H14F2O/c1-5(2)6(15)4-7(8(3,10)11)9(12,13)14;1-6(2)8(12)5-7(3)9(4,10)11;1-6(2)8(11)3-7(4-9)5-10/h5,7H,4H2,1-3H3;6-7H,5H2,1-4H3;6-7H,3-5H2,1-2H3. The van der Waals surface area contributed by atoms with Crippen molar-refractivity contribution in [3.8, 4) is 0 Å². The highest BCUT2D eigenvalue weighted by Gasteiger charge is 2.53. The van der Waals surface area contributed by atoms with Gasteiger partial charge < -0.3 is 0 Å². The van der Waals surface area contributed by atoms with Crippen molar-refractivity contribution in [3.05, 3.63) is 0 Å². The molecule has 0 aliphatic rings. The summed E-state index contributed by atoms with van der Waals surface area (Å²) in [6.45, 7) is 10.6. The molecule has 2 atom stereocenters. The third-order valence-electron chi connectivity index (χ3n) is 5.64. The van der Waals surface area contributed by atoms with Crippen LogP contribution in [0.15, 0.2) is 0 Å². The Morgan fingerprint density at radius 1 is 0.553 bits per heavy atom. The number of ketones is 3. The molecule has 0 aromatic rings. The van der Waals surface area contributed by atoms with E-state index in [0.717, 1.165) is 6.92 Å². The Bertz CT molecular complexity index is 674. The van der Waals surface area contributed by atoms with Crippen LogP contribution in [0.4, 0.5) is 39.5 Å². The van der Waals surface area contributed by atoms with E-state index in [2.05, 4.69) is 0 Å². The summed E-state index contributed by atoms with van der Waals surface area (Å²) in [5.41, 5.74) is 0. The van der Waals surface area contributed by atoms with E-state index in [1.807, 2.05) is 0 Å². The summed E-state index contributed by atoms with van der Waals surface area (Å²) in [7, 11) is 0. The first-order valence-electron chi connectivity index (χ1n) is 12.3. The molecule has 0 aromatic carbocycles. The van der Waals surface area contributed by atoms with E-state index in [4.69, 9.17) is 0 Å². The minimum atomic E-state index is -5.05. The summed E-state index contributed by atoms with van der Waals surface area (Å²) in [4.78, 5) is 33.0. The Balaban J connectivity index is -0.000000491. The number of halogens is 9. The fraction of sp³-hybridized carbons (Fsp3) is 0.885. The van der Waals surface area contributed by atoms with Gasteiger partial charge in [-0.1, -0.05) is 48.5 Å². The molecule has 2 unspecified atom stereocenters. The maximum atomic E-state index is 12.6. The van der Waals surface area contributed by atoms with E-state index in [0.29, 0.717) is 0 Å². The van der Waals surface area contributed by atoms with Gasteiger partial charge in [-0.15, -0.1) is 0 Å². The average Bonchev–Trinajstić information content (AvgIpc) is 2.73. The van der Waals surface area contributed by atoms with Crippen LogP contribution in [0.5, 0.6) is 0 Å². The molecule has 12 heteroatoms. The van der Waals surface area contributed by atoms with Crippen molar-refractivity contribution in [1.82, 2.24) is 0 Å². The van der Waals surface area contributed by atoms with Gasteiger partial charge in [0.05, 0.1) is 13.3 Å². The fourth-order valence-electron chi connectivity index (χ4n) is 2.41. The Kier molecular flexibility index (Phi) is 19.2. The summed E-state index contributed by atoms with van der Waals surface area (Å²) in [5, 5.41) is 0. The van der Waals surface area contributed by atoms with Gasteiger partial charge in [-0.05, 0) is 13.8 Å². The molecular formula is C26H43F9O3. The van der Waals surface area contributed by atoms with Crippen LogP contribution in [-0.4, -0.2) is 48.7 Å². The molecular weight excluding hydrogens is 531 g/mol.